The zero-order chi connectivity index (χ0) is 14.5. The minimum atomic E-state index is -2.60. The van der Waals surface area contributed by atoms with Gasteiger partial charge in [-0.05, 0) is 18.2 Å². The van der Waals surface area contributed by atoms with Crippen molar-refractivity contribution in [3.63, 3.8) is 0 Å². The maximum Gasteiger partial charge on any atom is 0.319 e. The number of nitrogens with one attached hydrogen (secondary N) is 1. The number of hydrogen-bond acceptors (Lipinski definition) is 3. The molecule has 1 N–H and O–H groups in total. The zero-order valence-corrected chi connectivity index (χ0v) is 11.1. The third kappa shape index (κ3) is 3.25. The van der Waals surface area contributed by atoms with Crippen molar-refractivity contribution in [2.75, 3.05) is 11.9 Å². The molecule has 0 aliphatic rings. The summed E-state index contributed by atoms with van der Waals surface area (Å²) >= 11 is 5.79. The number of alkyl halides is 2. The summed E-state index contributed by atoms with van der Waals surface area (Å²) in [5.74, 6) is 0.292. The van der Waals surface area contributed by atoms with E-state index in [-0.39, 0.29) is 0 Å². The molecule has 0 saturated heterocycles. The molecule has 0 aliphatic carbocycles. The Bertz CT molecular complexity index is 634. The molecule has 0 aliphatic heterocycles. The van der Waals surface area contributed by atoms with Crippen LogP contribution in [0.1, 0.15) is 17.9 Å². The molecule has 0 amide bonds. The molecule has 4 nitrogen and oxygen atoms in total. The van der Waals surface area contributed by atoms with Gasteiger partial charge in [0.1, 0.15) is 11.9 Å². The van der Waals surface area contributed by atoms with Crippen LogP contribution in [0.2, 0.25) is 5.02 Å². The standard InChI is InChI=1S/C13H11ClF2N4/c14-10-1-2-11(9(7-10)8-17)18-4-3-12-19-5-6-20(12)13(15)16/h1-2,5-7,13,18H,3-4H2. The van der Waals surface area contributed by atoms with Gasteiger partial charge in [-0.15, -0.1) is 0 Å². The summed E-state index contributed by atoms with van der Waals surface area (Å²) in [6, 6.07) is 6.91. The van der Waals surface area contributed by atoms with Crippen molar-refractivity contribution in [2.24, 2.45) is 0 Å². The highest BCUT2D eigenvalue weighted by Gasteiger charge is 2.11. The summed E-state index contributed by atoms with van der Waals surface area (Å²) < 4.78 is 26.1. The van der Waals surface area contributed by atoms with Crippen molar-refractivity contribution in [3.05, 3.63) is 47.0 Å². The number of hydrogen-bond donors (Lipinski definition) is 1. The highest BCUT2D eigenvalue weighted by atomic mass is 35.5. The molecule has 0 unspecified atom stereocenters. The normalized spacial score (nSPS) is 10.6. The average molecular weight is 297 g/mol. The number of rotatable bonds is 5. The summed E-state index contributed by atoms with van der Waals surface area (Å²) in [5, 5.41) is 12.5. The molecule has 7 heteroatoms. The fourth-order valence-corrected chi connectivity index (χ4v) is 1.96. The first-order valence-corrected chi connectivity index (χ1v) is 6.23. The number of benzene rings is 1. The van der Waals surface area contributed by atoms with Crippen LogP contribution in [-0.4, -0.2) is 16.1 Å². The van der Waals surface area contributed by atoms with Crippen molar-refractivity contribution < 1.29 is 8.78 Å². The second-order valence-corrected chi connectivity index (χ2v) is 4.44. The van der Waals surface area contributed by atoms with E-state index in [1.54, 1.807) is 18.2 Å². The van der Waals surface area contributed by atoms with E-state index in [9.17, 15) is 8.78 Å². The minimum Gasteiger partial charge on any atom is -0.384 e. The van der Waals surface area contributed by atoms with E-state index in [1.165, 1.54) is 12.4 Å². The summed E-state index contributed by atoms with van der Waals surface area (Å²) in [7, 11) is 0. The van der Waals surface area contributed by atoms with Crippen LogP contribution in [-0.2, 0) is 6.42 Å². The van der Waals surface area contributed by atoms with Crippen LogP contribution in [0.5, 0.6) is 0 Å². The van der Waals surface area contributed by atoms with E-state index >= 15 is 0 Å². The summed E-state index contributed by atoms with van der Waals surface area (Å²) in [6.45, 7) is -2.21. The Morgan fingerprint density at radius 1 is 1.45 bits per heavy atom. The van der Waals surface area contributed by atoms with Crippen LogP contribution in [0, 0.1) is 11.3 Å². The minimum absolute atomic E-state index is 0.292. The van der Waals surface area contributed by atoms with Crippen LogP contribution in [0.4, 0.5) is 14.5 Å². The number of halogens is 3. The zero-order valence-electron chi connectivity index (χ0n) is 10.4. The van der Waals surface area contributed by atoms with Gasteiger partial charge in [0.05, 0.1) is 11.3 Å². The molecule has 1 aromatic heterocycles. The van der Waals surface area contributed by atoms with E-state index < -0.39 is 6.55 Å². The topological polar surface area (TPSA) is 53.6 Å². The maximum atomic E-state index is 12.6. The maximum absolute atomic E-state index is 12.6. The van der Waals surface area contributed by atoms with Crippen LogP contribution in [0.25, 0.3) is 0 Å². The van der Waals surface area contributed by atoms with E-state index in [1.807, 2.05) is 6.07 Å². The van der Waals surface area contributed by atoms with Crippen LogP contribution >= 0.6 is 11.6 Å². The van der Waals surface area contributed by atoms with Crippen LogP contribution in [0.15, 0.2) is 30.6 Å². The molecule has 2 rings (SSSR count). The Labute approximate surface area is 119 Å². The Balaban J connectivity index is 2.00. The lowest BCUT2D eigenvalue weighted by Crippen LogP contribution is -2.11. The van der Waals surface area contributed by atoms with Crippen molar-refractivity contribution in [1.82, 2.24) is 9.55 Å². The molecule has 2 aromatic rings. The predicted molar refractivity (Wildman–Crippen MR) is 71.8 cm³/mol. The Hall–Kier alpha value is -2.13. The van der Waals surface area contributed by atoms with E-state index in [0.29, 0.717) is 35.1 Å². The molecular weight excluding hydrogens is 286 g/mol. The summed E-state index contributed by atoms with van der Waals surface area (Å²) in [5.41, 5.74) is 1.03. The van der Waals surface area contributed by atoms with Crippen molar-refractivity contribution in [1.29, 1.82) is 5.26 Å². The van der Waals surface area contributed by atoms with Gasteiger partial charge in [0.15, 0.2) is 0 Å². The number of nitriles is 1. The molecular formula is C13H11ClF2N4. The summed E-state index contributed by atoms with van der Waals surface area (Å²) in [6.07, 6.45) is 2.90. The number of imidazole rings is 1. The van der Waals surface area contributed by atoms with E-state index in [0.717, 1.165) is 4.57 Å². The Morgan fingerprint density at radius 3 is 2.95 bits per heavy atom. The summed E-state index contributed by atoms with van der Waals surface area (Å²) in [4.78, 5) is 3.88. The van der Waals surface area contributed by atoms with Gasteiger partial charge in [-0.3, -0.25) is 4.57 Å². The quantitative estimate of drug-likeness (QED) is 0.919. The molecule has 0 fully saturated rings. The molecule has 0 radical (unpaired) electrons. The van der Waals surface area contributed by atoms with Crippen molar-refractivity contribution in [3.8, 4) is 6.07 Å². The second-order valence-electron chi connectivity index (χ2n) is 4.01. The molecule has 0 saturated carbocycles. The lowest BCUT2D eigenvalue weighted by Gasteiger charge is -2.09. The largest absolute Gasteiger partial charge is 0.384 e. The van der Waals surface area contributed by atoms with Gasteiger partial charge in [-0.1, -0.05) is 11.6 Å². The van der Waals surface area contributed by atoms with Crippen LogP contribution in [0.3, 0.4) is 0 Å². The highest BCUT2D eigenvalue weighted by Crippen LogP contribution is 2.20. The van der Waals surface area contributed by atoms with E-state index in [4.69, 9.17) is 16.9 Å². The van der Waals surface area contributed by atoms with Gasteiger partial charge in [0.25, 0.3) is 0 Å². The van der Waals surface area contributed by atoms with E-state index in [2.05, 4.69) is 10.3 Å². The van der Waals surface area contributed by atoms with Gasteiger partial charge in [0, 0.05) is 30.4 Å². The first-order chi connectivity index (χ1) is 9.61. The Morgan fingerprint density at radius 2 is 2.25 bits per heavy atom. The van der Waals surface area contributed by atoms with Crippen molar-refractivity contribution in [2.45, 2.75) is 13.0 Å². The smallest absolute Gasteiger partial charge is 0.319 e. The van der Waals surface area contributed by atoms with Gasteiger partial charge >= 0.3 is 6.55 Å². The van der Waals surface area contributed by atoms with Crippen molar-refractivity contribution >= 4 is 17.3 Å². The highest BCUT2D eigenvalue weighted by molar-refractivity contribution is 6.30. The van der Waals surface area contributed by atoms with Gasteiger partial charge in [-0.25, -0.2) is 4.98 Å². The average Bonchev–Trinajstić information content (AvgIpc) is 2.89. The SMILES string of the molecule is N#Cc1cc(Cl)ccc1NCCc1nccn1C(F)F. The molecule has 104 valence electrons. The molecule has 1 heterocycles. The van der Waals surface area contributed by atoms with Crippen LogP contribution < -0.4 is 5.32 Å². The number of anilines is 1. The first kappa shape index (κ1) is 14.3. The molecule has 0 bridgehead atoms. The first-order valence-electron chi connectivity index (χ1n) is 5.85. The fourth-order valence-electron chi connectivity index (χ4n) is 1.79. The lowest BCUT2D eigenvalue weighted by molar-refractivity contribution is 0.0671. The second kappa shape index (κ2) is 6.35. The number of nitrogens with zero attached hydrogens (tertiary/aromatic N) is 3. The molecule has 1 aromatic carbocycles. The Kier molecular flexibility index (Phi) is 4.53. The van der Waals surface area contributed by atoms with Gasteiger partial charge in [-0.2, -0.15) is 14.0 Å². The lowest BCUT2D eigenvalue weighted by atomic mass is 10.2. The third-order valence-electron chi connectivity index (χ3n) is 2.73. The fraction of sp³-hybridized carbons (Fsp3) is 0.231. The molecule has 0 atom stereocenters. The molecule has 0 spiro atoms. The van der Waals surface area contributed by atoms with Gasteiger partial charge in [0.2, 0.25) is 0 Å². The molecule has 20 heavy (non-hydrogen) atoms. The third-order valence-corrected chi connectivity index (χ3v) is 2.96. The monoisotopic (exact) mass is 296 g/mol. The number of aromatic nitrogens is 2. The van der Waals surface area contributed by atoms with Gasteiger partial charge < -0.3 is 5.32 Å². The predicted octanol–water partition coefficient (Wildman–Crippen LogP) is 3.46.